The largest absolute Gasteiger partial charge is 0.495 e. The molecule has 5 nitrogen and oxygen atoms in total. The highest BCUT2D eigenvalue weighted by molar-refractivity contribution is 6.32. The molecule has 6 heteroatoms. The van der Waals surface area contributed by atoms with Crippen LogP contribution in [0.1, 0.15) is 6.42 Å². The summed E-state index contributed by atoms with van der Waals surface area (Å²) in [6.07, 6.45) is 0.0219. The molecular formula is C11H14ClNO4. The van der Waals surface area contributed by atoms with Gasteiger partial charge < -0.3 is 19.9 Å². The lowest BCUT2D eigenvalue weighted by Crippen LogP contribution is -2.13. The molecule has 0 aliphatic heterocycles. The molecule has 1 aromatic carbocycles. The molecule has 0 aliphatic carbocycles. The quantitative estimate of drug-likeness (QED) is 0.844. The minimum absolute atomic E-state index is 0.0219. The fourth-order valence-corrected chi connectivity index (χ4v) is 1.50. The van der Waals surface area contributed by atoms with Gasteiger partial charge in [0.2, 0.25) is 5.91 Å². The zero-order valence-corrected chi connectivity index (χ0v) is 10.4. The van der Waals surface area contributed by atoms with Gasteiger partial charge in [0.05, 0.1) is 38.0 Å². The zero-order chi connectivity index (χ0) is 12.8. The van der Waals surface area contributed by atoms with Crippen LogP contribution < -0.4 is 14.8 Å². The van der Waals surface area contributed by atoms with Crippen molar-refractivity contribution in [3.8, 4) is 11.5 Å². The maximum atomic E-state index is 11.4. The van der Waals surface area contributed by atoms with Crippen molar-refractivity contribution in [2.45, 2.75) is 6.42 Å². The minimum atomic E-state index is -0.310. The summed E-state index contributed by atoms with van der Waals surface area (Å²) in [7, 11) is 2.95. The van der Waals surface area contributed by atoms with Gasteiger partial charge in [-0.15, -0.1) is 0 Å². The number of benzene rings is 1. The highest BCUT2D eigenvalue weighted by Gasteiger charge is 2.12. The standard InChI is InChI=1S/C11H14ClNO4/c1-16-9-6-8(13-11(15)3-4-14)10(17-2)5-7(9)12/h5-6,14H,3-4H2,1-2H3,(H,13,15). The van der Waals surface area contributed by atoms with Crippen LogP contribution >= 0.6 is 11.6 Å². The Morgan fingerprint density at radius 1 is 1.35 bits per heavy atom. The van der Waals surface area contributed by atoms with Gasteiger partial charge in [-0.3, -0.25) is 4.79 Å². The first-order chi connectivity index (χ1) is 8.12. The first kappa shape index (κ1) is 13.6. The van der Waals surface area contributed by atoms with E-state index in [-0.39, 0.29) is 18.9 Å². The van der Waals surface area contributed by atoms with E-state index in [1.54, 1.807) is 12.1 Å². The summed E-state index contributed by atoms with van der Waals surface area (Å²) in [6, 6.07) is 3.12. The third-order valence-corrected chi connectivity index (χ3v) is 2.38. The summed E-state index contributed by atoms with van der Waals surface area (Å²) in [5, 5.41) is 11.6. The number of aliphatic hydroxyl groups excluding tert-OH is 1. The van der Waals surface area contributed by atoms with Crippen molar-refractivity contribution >= 4 is 23.2 Å². The number of rotatable bonds is 5. The number of amides is 1. The third kappa shape index (κ3) is 3.51. The molecular weight excluding hydrogens is 246 g/mol. The number of aliphatic hydroxyl groups is 1. The topological polar surface area (TPSA) is 67.8 Å². The molecule has 0 aliphatic rings. The summed E-state index contributed by atoms with van der Waals surface area (Å²) in [4.78, 5) is 11.4. The van der Waals surface area contributed by atoms with Crippen molar-refractivity contribution in [1.29, 1.82) is 0 Å². The molecule has 0 unspecified atom stereocenters. The molecule has 0 fully saturated rings. The molecule has 1 rings (SSSR count). The van der Waals surface area contributed by atoms with E-state index in [1.165, 1.54) is 14.2 Å². The van der Waals surface area contributed by atoms with Crippen LogP contribution in [0.4, 0.5) is 5.69 Å². The lowest BCUT2D eigenvalue weighted by atomic mass is 10.2. The summed E-state index contributed by atoms with van der Waals surface area (Å²) in [5.74, 6) is 0.559. The minimum Gasteiger partial charge on any atom is -0.495 e. The van der Waals surface area contributed by atoms with E-state index in [0.29, 0.717) is 22.2 Å². The molecule has 0 saturated carbocycles. The number of hydrogen-bond acceptors (Lipinski definition) is 4. The number of anilines is 1. The summed E-state index contributed by atoms with van der Waals surface area (Å²) >= 11 is 5.92. The second kappa shape index (κ2) is 6.32. The average molecular weight is 260 g/mol. The Morgan fingerprint density at radius 2 is 2.00 bits per heavy atom. The third-order valence-electron chi connectivity index (χ3n) is 2.09. The van der Waals surface area contributed by atoms with Gasteiger partial charge in [0.1, 0.15) is 11.5 Å². The molecule has 0 heterocycles. The number of methoxy groups -OCH3 is 2. The second-order valence-corrected chi connectivity index (χ2v) is 3.62. The summed E-state index contributed by atoms with van der Waals surface area (Å²) in [6.45, 7) is -0.209. The fourth-order valence-electron chi connectivity index (χ4n) is 1.27. The lowest BCUT2D eigenvalue weighted by Gasteiger charge is -2.12. The first-order valence-corrected chi connectivity index (χ1v) is 5.32. The molecule has 0 aromatic heterocycles. The SMILES string of the molecule is COc1cc(NC(=O)CCO)c(OC)cc1Cl. The molecule has 0 radical (unpaired) electrons. The maximum Gasteiger partial charge on any atom is 0.226 e. The zero-order valence-electron chi connectivity index (χ0n) is 9.62. The van der Waals surface area contributed by atoms with Crippen LogP contribution in [-0.2, 0) is 4.79 Å². The maximum absolute atomic E-state index is 11.4. The number of hydrogen-bond donors (Lipinski definition) is 2. The Bertz CT molecular complexity index is 409. The van der Waals surface area contributed by atoms with Crippen LogP contribution in [0, 0.1) is 0 Å². The molecule has 2 N–H and O–H groups in total. The smallest absolute Gasteiger partial charge is 0.226 e. The van der Waals surface area contributed by atoms with E-state index in [4.69, 9.17) is 26.2 Å². The van der Waals surface area contributed by atoms with E-state index in [9.17, 15) is 4.79 Å². The van der Waals surface area contributed by atoms with Gasteiger partial charge in [-0.2, -0.15) is 0 Å². The molecule has 17 heavy (non-hydrogen) atoms. The highest BCUT2D eigenvalue weighted by Crippen LogP contribution is 2.35. The van der Waals surface area contributed by atoms with Gasteiger partial charge in [-0.25, -0.2) is 0 Å². The lowest BCUT2D eigenvalue weighted by molar-refractivity contribution is -0.116. The van der Waals surface area contributed by atoms with E-state index < -0.39 is 0 Å². The van der Waals surface area contributed by atoms with E-state index in [0.717, 1.165) is 0 Å². The second-order valence-electron chi connectivity index (χ2n) is 3.21. The number of carbonyl (C=O) groups is 1. The van der Waals surface area contributed by atoms with Crippen LogP contribution in [0.25, 0.3) is 0 Å². The molecule has 0 saturated heterocycles. The predicted octanol–water partition coefficient (Wildman–Crippen LogP) is 1.68. The number of halogens is 1. The van der Waals surface area contributed by atoms with E-state index in [2.05, 4.69) is 5.32 Å². The van der Waals surface area contributed by atoms with E-state index in [1.807, 2.05) is 0 Å². The Labute approximate surface area is 104 Å². The number of nitrogens with one attached hydrogen (secondary N) is 1. The molecule has 1 amide bonds. The molecule has 1 aromatic rings. The first-order valence-electron chi connectivity index (χ1n) is 4.94. The van der Waals surface area contributed by atoms with Crippen molar-refractivity contribution in [1.82, 2.24) is 0 Å². The Balaban J connectivity index is 2.99. The predicted molar refractivity (Wildman–Crippen MR) is 64.9 cm³/mol. The Morgan fingerprint density at radius 3 is 2.53 bits per heavy atom. The number of carbonyl (C=O) groups excluding carboxylic acids is 1. The molecule has 94 valence electrons. The van der Waals surface area contributed by atoms with Gasteiger partial charge in [-0.05, 0) is 0 Å². The van der Waals surface area contributed by atoms with Gasteiger partial charge in [0.15, 0.2) is 0 Å². The van der Waals surface area contributed by atoms with Crippen LogP contribution in [0.15, 0.2) is 12.1 Å². The van der Waals surface area contributed by atoms with Gasteiger partial charge >= 0.3 is 0 Å². The molecule has 0 atom stereocenters. The van der Waals surface area contributed by atoms with Gasteiger partial charge in [0.25, 0.3) is 0 Å². The van der Waals surface area contributed by atoms with Gasteiger partial charge in [-0.1, -0.05) is 11.6 Å². The monoisotopic (exact) mass is 259 g/mol. The van der Waals surface area contributed by atoms with Crippen molar-refractivity contribution in [3.63, 3.8) is 0 Å². The van der Waals surface area contributed by atoms with Crippen molar-refractivity contribution in [3.05, 3.63) is 17.2 Å². The van der Waals surface area contributed by atoms with Crippen LogP contribution in [0.5, 0.6) is 11.5 Å². The summed E-state index contributed by atoms with van der Waals surface area (Å²) in [5.41, 5.74) is 0.451. The highest BCUT2D eigenvalue weighted by atomic mass is 35.5. The molecule has 0 bridgehead atoms. The van der Waals surface area contributed by atoms with E-state index >= 15 is 0 Å². The van der Waals surface area contributed by atoms with Gasteiger partial charge in [0, 0.05) is 12.1 Å². The van der Waals surface area contributed by atoms with Crippen molar-refractivity contribution in [2.24, 2.45) is 0 Å². The average Bonchev–Trinajstić information content (AvgIpc) is 2.31. The Hall–Kier alpha value is -1.46. The van der Waals surface area contributed by atoms with Crippen molar-refractivity contribution in [2.75, 3.05) is 26.1 Å². The summed E-state index contributed by atoms with van der Waals surface area (Å²) < 4.78 is 10.1. The van der Waals surface area contributed by atoms with Crippen molar-refractivity contribution < 1.29 is 19.4 Å². The number of ether oxygens (including phenoxy) is 2. The van der Waals surface area contributed by atoms with Crippen LogP contribution in [-0.4, -0.2) is 31.8 Å². The Kier molecular flexibility index (Phi) is 5.06. The molecule has 0 spiro atoms. The van der Waals surface area contributed by atoms with Crippen LogP contribution in [0.2, 0.25) is 5.02 Å². The van der Waals surface area contributed by atoms with Crippen LogP contribution in [0.3, 0.4) is 0 Å². The normalized spacial score (nSPS) is 9.88. The fraction of sp³-hybridized carbons (Fsp3) is 0.364.